The molecule has 1 heterocycles. The largest absolute Gasteiger partial charge is 0.369 e. The molecule has 1 aliphatic heterocycles. The molecule has 0 bridgehead atoms. The van der Waals surface area contributed by atoms with Crippen LogP contribution in [-0.2, 0) is 4.79 Å². The van der Waals surface area contributed by atoms with Gasteiger partial charge in [-0.15, -0.1) is 11.8 Å². The maximum atomic E-state index is 14.4. The molecule has 0 radical (unpaired) electrons. The summed E-state index contributed by atoms with van der Waals surface area (Å²) >= 11 is 1.24. The van der Waals surface area contributed by atoms with Crippen molar-refractivity contribution in [2.75, 3.05) is 23.7 Å². The molecule has 1 amide bonds. The van der Waals surface area contributed by atoms with E-state index < -0.39 is 4.92 Å². The van der Waals surface area contributed by atoms with Gasteiger partial charge in [0.05, 0.1) is 22.6 Å². The summed E-state index contributed by atoms with van der Waals surface area (Å²) in [6, 6.07) is 9.21. The van der Waals surface area contributed by atoms with E-state index in [0.29, 0.717) is 11.3 Å². The first-order chi connectivity index (χ1) is 13.9. The first-order valence-electron chi connectivity index (χ1n) is 9.18. The number of non-ortho nitro benzene ring substituents is 1. The molecule has 0 aliphatic carbocycles. The van der Waals surface area contributed by atoms with Crippen molar-refractivity contribution in [1.29, 1.82) is 0 Å². The fourth-order valence-electron chi connectivity index (χ4n) is 3.04. The lowest BCUT2D eigenvalue weighted by Gasteiger charge is -2.19. The normalized spacial score (nSPS) is 13.8. The third-order valence-corrected chi connectivity index (χ3v) is 5.60. The Morgan fingerprint density at radius 1 is 1.31 bits per heavy atom. The van der Waals surface area contributed by atoms with Crippen LogP contribution in [0.4, 0.5) is 15.8 Å². The first-order valence-corrected chi connectivity index (χ1v) is 10.2. The number of nitro groups is 1. The quantitative estimate of drug-likeness (QED) is 0.320. The van der Waals surface area contributed by atoms with E-state index in [4.69, 9.17) is 0 Å². The first kappa shape index (κ1) is 20.8. The standard InChI is InChI=1S/C20H21FN4O3S/c1-14-10-19(24-8-2-3-9-24)18(21)11-15(14)12-22-23-20(26)13-29-17-6-4-16(5-7-17)25(27)28/h4-7,10-12H,2-3,8-9,13H2,1H3,(H,23,26). The molecule has 0 spiro atoms. The average Bonchev–Trinajstić information content (AvgIpc) is 3.23. The molecule has 0 saturated carbocycles. The summed E-state index contributed by atoms with van der Waals surface area (Å²) in [6.07, 6.45) is 3.58. The molecule has 3 rings (SSSR count). The number of carbonyl (C=O) groups excluding carboxylic acids is 1. The Bertz CT molecular complexity index is 928. The number of benzene rings is 2. The molecule has 1 aliphatic rings. The van der Waals surface area contributed by atoms with E-state index in [1.165, 1.54) is 36.2 Å². The lowest BCUT2D eigenvalue weighted by molar-refractivity contribution is -0.384. The minimum Gasteiger partial charge on any atom is -0.369 e. The van der Waals surface area contributed by atoms with Crippen LogP contribution < -0.4 is 10.3 Å². The second kappa shape index (κ2) is 9.51. The van der Waals surface area contributed by atoms with Crippen LogP contribution in [-0.4, -0.2) is 35.9 Å². The Kier molecular flexibility index (Phi) is 6.82. The number of nitro benzene ring substituents is 1. The minimum absolute atomic E-state index is 0.00162. The monoisotopic (exact) mass is 416 g/mol. The maximum Gasteiger partial charge on any atom is 0.269 e. The number of aryl methyl sites for hydroxylation is 1. The summed E-state index contributed by atoms with van der Waals surface area (Å²) < 4.78 is 14.4. The second-order valence-electron chi connectivity index (χ2n) is 6.69. The van der Waals surface area contributed by atoms with E-state index in [0.717, 1.165) is 36.4 Å². The molecule has 1 saturated heterocycles. The van der Waals surface area contributed by atoms with Gasteiger partial charge in [-0.2, -0.15) is 5.10 Å². The summed E-state index contributed by atoms with van der Waals surface area (Å²) in [4.78, 5) is 24.9. The molecule has 1 N–H and O–H groups in total. The number of anilines is 1. The van der Waals surface area contributed by atoms with Gasteiger partial charge in [0.15, 0.2) is 0 Å². The number of thioether (sulfide) groups is 1. The van der Waals surface area contributed by atoms with Crippen molar-refractivity contribution in [3.63, 3.8) is 0 Å². The molecule has 7 nitrogen and oxygen atoms in total. The van der Waals surface area contributed by atoms with Crippen LogP contribution in [0.2, 0.25) is 0 Å². The Morgan fingerprint density at radius 3 is 2.66 bits per heavy atom. The van der Waals surface area contributed by atoms with Gasteiger partial charge in [0.25, 0.3) is 5.69 Å². The molecule has 2 aromatic rings. The van der Waals surface area contributed by atoms with Crippen molar-refractivity contribution in [2.45, 2.75) is 24.7 Å². The number of hydrazone groups is 1. The maximum absolute atomic E-state index is 14.4. The van der Waals surface area contributed by atoms with E-state index >= 15 is 0 Å². The van der Waals surface area contributed by atoms with Gasteiger partial charge in [0, 0.05) is 35.7 Å². The number of amides is 1. The van der Waals surface area contributed by atoms with E-state index in [2.05, 4.69) is 10.5 Å². The molecule has 0 unspecified atom stereocenters. The number of hydrogen-bond donors (Lipinski definition) is 1. The highest BCUT2D eigenvalue weighted by Gasteiger charge is 2.17. The van der Waals surface area contributed by atoms with Crippen LogP contribution in [0.25, 0.3) is 0 Å². The molecule has 0 atom stereocenters. The zero-order chi connectivity index (χ0) is 20.8. The van der Waals surface area contributed by atoms with E-state index in [1.807, 2.05) is 17.9 Å². The highest BCUT2D eigenvalue weighted by Crippen LogP contribution is 2.26. The van der Waals surface area contributed by atoms with Gasteiger partial charge in [-0.05, 0) is 49.6 Å². The van der Waals surface area contributed by atoms with Gasteiger partial charge in [0.1, 0.15) is 5.82 Å². The van der Waals surface area contributed by atoms with Gasteiger partial charge in [-0.1, -0.05) is 0 Å². The fraction of sp³-hybridized carbons (Fsp3) is 0.300. The second-order valence-corrected chi connectivity index (χ2v) is 7.74. The highest BCUT2D eigenvalue weighted by molar-refractivity contribution is 8.00. The summed E-state index contributed by atoms with van der Waals surface area (Å²) in [5, 5.41) is 14.5. The molecule has 9 heteroatoms. The fourth-order valence-corrected chi connectivity index (χ4v) is 3.73. The Labute approximate surface area is 172 Å². The summed E-state index contributed by atoms with van der Waals surface area (Å²) in [5.74, 6) is -0.508. The molecular weight excluding hydrogens is 395 g/mol. The van der Waals surface area contributed by atoms with Gasteiger partial charge in [0.2, 0.25) is 5.91 Å². The molecule has 29 heavy (non-hydrogen) atoms. The lowest BCUT2D eigenvalue weighted by atomic mass is 10.1. The molecule has 1 fully saturated rings. The topological polar surface area (TPSA) is 87.8 Å². The Hall–Kier alpha value is -2.94. The van der Waals surface area contributed by atoms with Crippen molar-refractivity contribution in [3.05, 3.63) is 63.5 Å². The molecule has 0 aromatic heterocycles. The predicted molar refractivity (Wildman–Crippen MR) is 112 cm³/mol. The third kappa shape index (κ3) is 5.54. The van der Waals surface area contributed by atoms with Crippen LogP contribution in [0.15, 0.2) is 46.4 Å². The van der Waals surface area contributed by atoms with Crippen molar-refractivity contribution in [1.82, 2.24) is 5.43 Å². The number of halogens is 1. The van der Waals surface area contributed by atoms with Crippen LogP contribution in [0.1, 0.15) is 24.0 Å². The van der Waals surface area contributed by atoms with Crippen molar-refractivity contribution < 1.29 is 14.1 Å². The summed E-state index contributed by atoms with van der Waals surface area (Å²) in [6.45, 7) is 3.62. The summed E-state index contributed by atoms with van der Waals surface area (Å²) in [7, 11) is 0. The number of hydrogen-bond acceptors (Lipinski definition) is 6. The van der Waals surface area contributed by atoms with Crippen molar-refractivity contribution in [2.24, 2.45) is 5.10 Å². The summed E-state index contributed by atoms with van der Waals surface area (Å²) in [5.41, 5.74) is 4.52. The zero-order valence-electron chi connectivity index (χ0n) is 15.9. The number of rotatable bonds is 7. The van der Waals surface area contributed by atoms with E-state index in [-0.39, 0.29) is 23.2 Å². The Morgan fingerprint density at radius 2 is 2.00 bits per heavy atom. The third-order valence-electron chi connectivity index (χ3n) is 4.59. The average molecular weight is 416 g/mol. The highest BCUT2D eigenvalue weighted by atomic mass is 32.2. The Balaban J connectivity index is 1.53. The number of nitrogens with one attached hydrogen (secondary N) is 1. The molecule has 2 aromatic carbocycles. The number of carbonyl (C=O) groups is 1. The lowest BCUT2D eigenvalue weighted by Crippen LogP contribution is -2.20. The van der Waals surface area contributed by atoms with Gasteiger partial charge < -0.3 is 4.90 Å². The van der Waals surface area contributed by atoms with Gasteiger partial charge >= 0.3 is 0 Å². The van der Waals surface area contributed by atoms with Crippen LogP contribution >= 0.6 is 11.8 Å². The SMILES string of the molecule is Cc1cc(N2CCCC2)c(F)cc1C=NNC(=O)CSc1ccc([N+](=O)[O-])cc1. The molecular formula is C20H21FN4O3S. The smallest absolute Gasteiger partial charge is 0.269 e. The van der Waals surface area contributed by atoms with Crippen molar-refractivity contribution in [3.8, 4) is 0 Å². The van der Waals surface area contributed by atoms with E-state index in [1.54, 1.807) is 12.1 Å². The van der Waals surface area contributed by atoms with Gasteiger partial charge in [-0.3, -0.25) is 14.9 Å². The van der Waals surface area contributed by atoms with E-state index in [9.17, 15) is 19.3 Å². The van der Waals surface area contributed by atoms with Crippen LogP contribution in [0, 0.1) is 22.9 Å². The van der Waals surface area contributed by atoms with Crippen LogP contribution in [0.3, 0.4) is 0 Å². The predicted octanol–water partition coefficient (Wildman–Crippen LogP) is 3.88. The number of nitrogens with zero attached hydrogens (tertiary/aromatic N) is 3. The van der Waals surface area contributed by atoms with Gasteiger partial charge in [-0.25, -0.2) is 9.82 Å². The zero-order valence-corrected chi connectivity index (χ0v) is 16.7. The van der Waals surface area contributed by atoms with Crippen LogP contribution in [0.5, 0.6) is 0 Å². The minimum atomic E-state index is -0.474. The van der Waals surface area contributed by atoms with Crippen molar-refractivity contribution >= 4 is 35.3 Å². The molecule has 152 valence electrons.